The summed E-state index contributed by atoms with van der Waals surface area (Å²) in [6.45, 7) is 1.70. The number of H-pyrrole nitrogens is 1. The number of rotatable bonds is 5. The van der Waals surface area contributed by atoms with Crippen molar-refractivity contribution >= 4 is 33.8 Å². The molecule has 27 heavy (non-hydrogen) atoms. The summed E-state index contributed by atoms with van der Waals surface area (Å²) in [5.41, 5.74) is 4.47. The lowest BCUT2D eigenvalue weighted by molar-refractivity contribution is -0.127. The van der Waals surface area contributed by atoms with Crippen LogP contribution in [0.25, 0.3) is 21.7 Å². The molecule has 1 aromatic heterocycles. The highest BCUT2D eigenvalue weighted by Crippen LogP contribution is 2.21. The zero-order chi connectivity index (χ0) is 18.6. The van der Waals surface area contributed by atoms with Crippen LogP contribution < -0.4 is 10.2 Å². The summed E-state index contributed by atoms with van der Waals surface area (Å²) < 4.78 is 5.75. The lowest BCUT2D eigenvalue weighted by atomic mass is 10.1. The van der Waals surface area contributed by atoms with Crippen LogP contribution in [-0.2, 0) is 4.79 Å². The van der Waals surface area contributed by atoms with Crippen LogP contribution in [-0.4, -0.2) is 23.2 Å². The van der Waals surface area contributed by atoms with E-state index >= 15 is 0 Å². The zero-order valence-electron chi connectivity index (χ0n) is 14.8. The average Bonchev–Trinajstić information content (AvgIpc) is 3.11. The lowest BCUT2D eigenvalue weighted by Crippen LogP contribution is -2.33. The first-order valence-corrected chi connectivity index (χ1v) is 8.75. The molecule has 1 unspecified atom stereocenters. The van der Waals surface area contributed by atoms with Gasteiger partial charge in [-0.25, -0.2) is 5.43 Å². The maximum atomic E-state index is 12.2. The van der Waals surface area contributed by atoms with E-state index in [1.54, 1.807) is 13.1 Å². The summed E-state index contributed by atoms with van der Waals surface area (Å²) in [7, 11) is 0. The minimum atomic E-state index is -0.661. The highest BCUT2D eigenvalue weighted by atomic mass is 16.5. The summed E-state index contributed by atoms with van der Waals surface area (Å²) >= 11 is 0. The number of hydrogen-bond donors (Lipinski definition) is 2. The van der Waals surface area contributed by atoms with E-state index in [2.05, 4.69) is 15.5 Å². The average molecular weight is 357 g/mol. The molecule has 134 valence electrons. The third-order valence-electron chi connectivity index (χ3n) is 4.40. The first kappa shape index (κ1) is 16.8. The molecule has 4 rings (SSSR count). The molecule has 2 N–H and O–H groups in total. The van der Waals surface area contributed by atoms with Gasteiger partial charge in [0.15, 0.2) is 6.10 Å². The van der Waals surface area contributed by atoms with Crippen LogP contribution in [0.1, 0.15) is 12.5 Å². The number of nitrogens with one attached hydrogen (secondary N) is 2. The number of fused-ring (bicyclic) bond motifs is 2. The Balaban J connectivity index is 1.40. The fourth-order valence-corrected chi connectivity index (χ4v) is 2.96. The molecule has 4 aromatic rings. The quantitative estimate of drug-likeness (QED) is 0.414. The maximum Gasteiger partial charge on any atom is 0.280 e. The smallest absolute Gasteiger partial charge is 0.280 e. The number of para-hydroxylation sites is 1. The Morgan fingerprint density at radius 3 is 2.74 bits per heavy atom. The summed E-state index contributed by atoms with van der Waals surface area (Å²) in [4.78, 5) is 15.4. The Labute approximate surface area is 156 Å². The number of aromatic amines is 1. The molecule has 0 radical (unpaired) electrons. The van der Waals surface area contributed by atoms with Crippen molar-refractivity contribution in [2.24, 2.45) is 5.10 Å². The fraction of sp³-hybridized carbons (Fsp3) is 0.0909. The highest BCUT2D eigenvalue weighted by Gasteiger charge is 2.14. The van der Waals surface area contributed by atoms with Crippen molar-refractivity contribution in [2.75, 3.05) is 0 Å². The molecule has 1 atom stereocenters. The van der Waals surface area contributed by atoms with Crippen molar-refractivity contribution in [2.45, 2.75) is 13.0 Å². The number of carbonyl (C=O) groups is 1. The van der Waals surface area contributed by atoms with Gasteiger partial charge in [-0.1, -0.05) is 48.5 Å². The Morgan fingerprint density at radius 2 is 1.85 bits per heavy atom. The molecule has 1 amide bonds. The first-order chi connectivity index (χ1) is 13.2. The standard InChI is InChI=1S/C22H19N3O2/c1-15(27-19-11-10-16-6-2-3-7-17(16)12-19)22(26)25-24-14-18-13-23-21-9-5-4-8-20(18)21/h2-15,23H,1H3,(H,25,26)/b24-14-. The predicted molar refractivity (Wildman–Crippen MR) is 108 cm³/mol. The first-order valence-electron chi connectivity index (χ1n) is 8.75. The number of carbonyl (C=O) groups excluding carboxylic acids is 1. The molecule has 0 bridgehead atoms. The lowest BCUT2D eigenvalue weighted by Gasteiger charge is -2.13. The third kappa shape index (κ3) is 3.67. The third-order valence-corrected chi connectivity index (χ3v) is 4.40. The maximum absolute atomic E-state index is 12.2. The summed E-state index contributed by atoms with van der Waals surface area (Å²) in [6, 6.07) is 21.7. The Morgan fingerprint density at radius 1 is 1.07 bits per heavy atom. The Bertz CT molecular complexity index is 1130. The predicted octanol–water partition coefficient (Wildman–Crippen LogP) is 4.24. The molecule has 0 saturated heterocycles. The number of amides is 1. The molecule has 0 aliphatic rings. The van der Waals surface area contributed by atoms with Gasteiger partial charge < -0.3 is 9.72 Å². The van der Waals surface area contributed by atoms with Gasteiger partial charge in [0.05, 0.1) is 6.21 Å². The molecule has 0 aliphatic heterocycles. The number of aromatic nitrogens is 1. The van der Waals surface area contributed by atoms with Crippen molar-refractivity contribution in [3.05, 3.63) is 78.5 Å². The van der Waals surface area contributed by atoms with Gasteiger partial charge >= 0.3 is 0 Å². The van der Waals surface area contributed by atoms with Crippen molar-refractivity contribution in [3.63, 3.8) is 0 Å². The van der Waals surface area contributed by atoms with Gasteiger partial charge in [0.1, 0.15) is 5.75 Å². The largest absolute Gasteiger partial charge is 0.481 e. The topological polar surface area (TPSA) is 66.5 Å². The van der Waals surface area contributed by atoms with Gasteiger partial charge in [-0.15, -0.1) is 0 Å². The second-order valence-corrected chi connectivity index (χ2v) is 6.29. The number of nitrogens with zero attached hydrogens (tertiary/aromatic N) is 1. The summed E-state index contributed by atoms with van der Waals surface area (Å²) in [5, 5.41) is 7.30. The minimum absolute atomic E-state index is 0.306. The van der Waals surface area contributed by atoms with E-state index in [0.29, 0.717) is 5.75 Å². The number of hydrazone groups is 1. The summed E-state index contributed by atoms with van der Waals surface area (Å²) in [6.07, 6.45) is 2.82. The van der Waals surface area contributed by atoms with E-state index in [1.807, 2.05) is 72.9 Å². The molecule has 3 aromatic carbocycles. The van der Waals surface area contributed by atoms with Crippen LogP contribution in [0.15, 0.2) is 78.0 Å². The molecule has 5 nitrogen and oxygen atoms in total. The summed E-state index contributed by atoms with van der Waals surface area (Å²) in [5.74, 6) is 0.344. The number of hydrogen-bond acceptors (Lipinski definition) is 3. The van der Waals surface area contributed by atoms with Crippen molar-refractivity contribution in [3.8, 4) is 5.75 Å². The molecular weight excluding hydrogens is 338 g/mol. The monoisotopic (exact) mass is 357 g/mol. The normalized spacial score (nSPS) is 12.5. The van der Waals surface area contributed by atoms with Crippen LogP contribution >= 0.6 is 0 Å². The van der Waals surface area contributed by atoms with Crippen LogP contribution in [0, 0.1) is 0 Å². The Kier molecular flexibility index (Phi) is 4.58. The number of ether oxygens (including phenoxy) is 1. The molecule has 5 heteroatoms. The van der Waals surface area contributed by atoms with Crippen molar-refractivity contribution in [1.82, 2.24) is 10.4 Å². The van der Waals surface area contributed by atoms with Gasteiger partial charge in [-0.2, -0.15) is 5.10 Å². The van der Waals surface area contributed by atoms with Crippen molar-refractivity contribution in [1.29, 1.82) is 0 Å². The zero-order valence-corrected chi connectivity index (χ0v) is 14.8. The van der Waals surface area contributed by atoms with E-state index in [9.17, 15) is 4.79 Å². The highest BCUT2D eigenvalue weighted by molar-refractivity contribution is 5.99. The molecule has 1 heterocycles. The van der Waals surface area contributed by atoms with Gasteiger partial charge in [-0.3, -0.25) is 4.79 Å². The Hall–Kier alpha value is -3.60. The SMILES string of the molecule is CC(Oc1ccc2ccccc2c1)C(=O)N/N=C\c1c[nH]c2ccccc12. The number of benzene rings is 3. The minimum Gasteiger partial charge on any atom is -0.481 e. The molecular formula is C22H19N3O2. The van der Waals surface area contributed by atoms with Crippen LogP contribution in [0.2, 0.25) is 0 Å². The van der Waals surface area contributed by atoms with Crippen LogP contribution in [0.5, 0.6) is 5.75 Å². The van der Waals surface area contributed by atoms with E-state index < -0.39 is 6.10 Å². The van der Waals surface area contributed by atoms with E-state index in [-0.39, 0.29) is 5.91 Å². The van der Waals surface area contributed by atoms with Gasteiger partial charge in [0.25, 0.3) is 5.91 Å². The second kappa shape index (κ2) is 7.33. The van der Waals surface area contributed by atoms with Crippen molar-refractivity contribution < 1.29 is 9.53 Å². The molecule has 0 saturated carbocycles. The van der Waals surface area contributed by atoms with E-state index in [0.717, 1.165) is 27.2 Å². The fourth-order valence-electron chi connectivity index (χ4n) is 2.96. The molecule has 0 spiro atoms. The van der Waals surface area contributed by atoms with Gasteiger partial charge in [-0.05, 0) is 35.9 Å². The van der Waals surface area contributed by atoms with E-state index in [1.165, 1.54) is 0 Å². The van der Waals surface area contributed by atoms with Gasteiger partial charge in [0.2, 0.25) is 0 Å². The van der Waals surface area contributed by atoms with Crippen LogP contribution in [0.3, 0.4) is 0 Å². The molecule has 0 aliphatic carbocycles. The second-order valence-electron chi connectivity index (χ2n) is 6.29. The molecule has 0 fully saturated rings. The van der Waals surface area contributed by atoms with Crippen LogP contribution in [0.4, 0.5) is 0 Å². The van der Waals surface area contributed by atoms with E-state index in [4.69, 9.17) is 4.74 Å². The van der Waals surface area contributed by atoms with Gasteiger partial charge in [0, 0.05) is 22.7 Å².